The van der Waals surface area contributed by atoms with E-state index in [0.29, 0.717) is 23.6 Å². The Morgan fingerprint density at radius 2 is 1.77 bits per heavy atom. The molecule has 1 rings (SSSR count). The summed E-state index contributed by atoms with van der Waals surface area (Å²) < 4.78 is 15.0. The fourth-order valence-electron chi connectivity index (χ4n) is 1.83. The molecular formula is C15H22N2O5. The summed E-state index contributed by atoms with van der Waals surface area (Å²) >= 11 is 0. The molecule has 0 aliphatic carbocycles. The van der Waals surface area contributed by atoms with Crippen molar-refractivity contribution in [3.63, 3.8) is 0 Å². The maximum atomic E-state index is 11.9. The van der Waals surface area contributed by atoms with Gasteiger partial charge in [-0.25, -0.2) is 4.79 Å². The molecule has 1 unspecified atom stereocenters. The molecule has 0 heterocycles. The van der Waals surface area contributed by atoms with Crippen molar-refractivity contribution in [3.05, 3.63) is 17.7 Å². The minimum atomic E-state index is -0.580. The number of ether oxygens (including phenoxy) is 3. The highest BCUT2D eigenvalue weighted by atomic mass is 16.5. The minimum absolute atomic E-state index is 0.0729. The molecule has 22 heavy (non-hydrogen) atoms. The third-order valence-electron chi connectivity index (χ3n) is 3.03. The van der Waals surface area contributed by atoms with E-state index in [1.54, 1.807) is 0 Å². The van der Waals surface area contributed by atoms with Crippen LogP contribution in [-0.2, 0) is 9.53 Å². The molecule has 0 aliphatic heterocycles. The van der Waals surface area contributed by atoms with E-state index in [1.165, 1.54) is 33.5 Å². The molecule has 0 bridgehead atoms. The van der Waals surface area contributed by atoms with Gasteiger partial charge in [0.1, 0.15) is 0 Å². The average Bonchev–Trinajstić information content (AvgIpc) is 2.51. The first-order valence-electron chi connectivity index (χ1n) is 6.82. The topological polar surface area (TPSA) is 99.9 Å². The van der Waals surface area contributed by atoms with E-state index in [1.807, 2.05) is 6.92 Å². The molecular weight excluding hydrogens is 288 g/mol. The highest BCUT2D eigenvalue weighted by Gasteiger charge is 2.19. The summed E-state index contributed by atoms with van der Waals surface area (Å²) in [6.45, 7) is 1.82. The van der Waals surface area contributed by atoms with Crippen LogP contribution in [-0.4, -0.2) is 39.2 Å². The minimum Gasteiger partial charge on any atom is -0.493 e. The maximum absolute atomic E-state index is 11.9. The monoisotopic (exact) mass is 310 g/mol. The fraction of sp³-hybridized carbons (Fsp3) is 0.467. The van der Waals surface area contributed by atoms with E-state index in [9.17, 15) is 9.59 Å². The van der Waals surface area contributed by atoms with Crippen molar-refractivity contribution >= 4 is 17.6 Å². The number of carbonyl (C=O) groups excluding carboxylic acids is 2. The molecule has 0 aliphatic rings. The first kappa shape index (κ1) is 17.8. The van der Waals surface area contributed by atoms with Crippen LogP contribution < -0.4 is 20.5 Å². The van der Waals surface area contributed by atoms with Crippen LogP contribution in [0.2, 0.25) is 0 Å². The van der Waals surface area contributed by atoms with E-state index in [2.05, 4.69) is 5.32 Å². The van der Waals surface area contributed by atoms with Gasteiger partial charge in [-0.2, -0.15) is 0 Å². The number of methoxy groups -OCH3 is 3. The lowest BCUT2D eigenvalue weighted by atomic mass is 10.1. The van der Waals surface area contributed by atoms with Gasteiger partial charge in [0.2, 0.25) is 5.91 Å². The maximum Gasteiger partial charge on any atom is 0.340 e. The molecule has 1 aromatic rings. The van der Waals surface area contributed by atoms with Gasteiger partial charge in [0.25, 0.3) is 0 Å². The Kier molecular flexibility index (Phi) is 6.65. The summed E-state index contributed by atoms with van der Waals surface area (Å²) in [4.78, 5) is 23.8. The van der Waals surface area contributed by atoms with Crippen molar-refractivity contribution in [2.75, 3.05) is 26.6 Å². The van der Waals surface area contributed by atoms with Gasteiger partial charge in [0.15, 0.2) is 11.5 Å². The number of esters is 1. The highest BCUT2D eigenvalue weighted by Crippen LogP contribution is 2.33. The van der Waals surface area contributed by atoms with Gasteiger partial charge in [-0.3, -0.25) is 4.79 Å². The Balaban J connectivity index is 3.09. The number of anilines is 1. The number of rotatable bonds is 7. The number of hydrogen-bond acceptors (Lipinski definition) is 6. The molecule has 0 aromatic heterocycles. The molecule has 0 saturated heterocycles. The van der Waals surface area contributed by atoms with E-state index < -0.39 is 5.97 Å². The molecule has 3 N–H and O–H groups in total. The Bertz CT molecular complexity index is 543. The van der Waals surface area contributed by atoms with Crippen molar-refractivity contribution in [3.8, 4) is 11.5 Å². The van der Waals surface area contributed by atoms with Crippen LogP contribution in [0.4, 0.5) is 5.69 Å². The van der Waals surface area contributed by atoms with Crippen molar-refractivity contribution in [1.29, 1.82) is 0 Å². The fourth-order valence-corrected chi connectivity index (χ4v) is 1.83. The molecule has 122 valence electrons. The smallest absolute Gasteiger partial charge is 0.340 e. The summed E-state index contributed by atoms with van der Waals surface area (Å²) in [6.07, 6.45) is 0.805. The SMILES string of the molecule is COC(=O)c1cc(OC)c(OC)cc1NC(=O)CCC(C)N. The van der Waals surface area contributed by atoms with Crippen LogP contribution in [0.5, 0.6) is 11.5 Å². The van der Waals surface area contributed by atoms with Crippen molar-refractivity contribution in [2.24, 2.45) is 5.73 Å². The Morgan fingerprint density at radius 3 is 2.27 bits per heavy atom. The third-order valence-corrected chi connectivity index (χ3v) is 3.03. The first-order chi connectivity index (χ1) is 10.4. The summed E-state index contributed by atoms with van der Waals surface area (Å²) in [5.41, 5.74) is 6.12. The zero-order valence-corrected chi connectivity index (χ0v) is 13.3. The van der Waals surface area contributed by atoms with Crippen LogP contribution in [0, 0.1) is 0 Å². The predicted octanol–water partition coefficient (Wildman–Crippen LogP) is 1.56. The number of benzene rings is 1. The second-order valence-electron chi connectivity index (χ2n) is 4.81. The highest BCUT2D eigenvalue weighted by molar-refractivity contribution is 6.02. The standard InChI is InChI=1S/C15H22N2O5/c1-9(16)5-6-14(18)17-11-8-13(21-3)12(20-2)7-10(11)15(19)22-4/h7-9H,5-6,16H2,1-4H3,(H,17,18). The number of hydrogen-bond donors (Lipinski definition) is 2. The largest absolute Gasteiger partial charge is 0.493 e. The van der Waals surface area contributed by atoms with Crippen LogP contribution in [0.3, 0.4) is 0 Å². The molecule has 0 fully saturated rings. The quantitative estimate of drug-likeness (QED) is 0.741. The molecule has 1 aromatic carbocycles. The molecule has 0 saturated carbocycles. The summed E-state index contributed by atoms with van der Waals surface area (Å²) in [5, 5.41) is 2.68. The Labute approximate surface area is 129 Å². The van der Waals surface area contributed by atoms with E-state index in [0.717, 1.165) is 0 Å². The Hall–Kier alpha value is -2.28. The average molecular weight is 310 g/mol. The van der Waals surface area contributed by atoms with Crippen molar-refractivity contribution in [1.82, 2.24) is 0 Å². The van der Waals surface area contributed by atoms with E-state index in [4.69, 9.17) is 19.9 Å². The normalized spacial score (nSPS) is 11.5. The zero-order chi connectivity index (χ0) is 16.7. The molecule has 1 atom stereocenters. The summed E-state index contributed by atoms with van der Waals surface area (Å²) in [7, 11) is 4.19. The van der Waals surface area contributed by atoms with Crippen LogP contribution in [0.25, 0.3) is 0 Å². The second-order valence-corrected chi connectivity index (χ2v) is 4.81. The Morgan fingerprint density at radius 1 is 1.18 bits per heavy atom. The number of nitrogens with one attached hydrogen (secondary N) is 1. The van der Waals surface area contributed by atoms with Gasteiger partial charge in [-0.1, -0.05) is 0 Å². The molecule has 7 nitrogen and oxygen atoms in total. The summed E-state index contributed by atoms with van der Waals surface area (Å²) in [6, 6.07) is 2.91. The molecule has 0 spiro atoms. The number of nitrogens with two attached hydrogens (primary N) is 1. The van der Waals surface area contributed by atoms with Gasteiger partial charge in [0.05, 0.1) is 32.6 Å². The molecule has 0 radical (unpaired) electrons. The van der Waals surface area contributed by atoms with Gasteiger partial charge in [-0.15, -0.1) is 0 Å². The number of carbonyl (C=O) groups is 2. The summed E-state index contributed by atoms with van der Waals surface area (Å²) in [5.74, 6) is -0.0488. The molecule has 1 amide bonds. The van der Waals surface area contributed by atoms with E-state index in [-0.39, 0.29) is 23.9 Å². The van der Waals surface area contributed by atoms with Gasteiger partial charge < -0.3 is 25.3 Å². The van der Waals surface area contributed by atoms with E-state index >= 15 is 0 Å². The second kappa shape index (κ2) is 8.23. The van der Waals surface area contributed by atoms with Crippen molar-refractivity contribution in [2.45, 2.75) is 25.8 Å². The van der Waals surface area contributed by atoms with Gasteiger partial charge >= 0.3 is 5.97 Å². The zero-order valence-electron chi connectivity index (χ0n) is 13.3. The predicted molar refractivity (Wildman–Crippen MR) is 82.4 cm³/mol. The van der Waals surface area contributed by atoms with Gasteiger partial charge in [0, 0.05) is 24.6 Å². The lowest BCUT2D eigenvalue weighted by Crippen LogP contribution is -2.20. The van der Waals surface area contributed by atoms with Gasteiger partial charge in [-0.05, 0) is 13.3 Å². The molecule has 7 heteroatoms. The number of amides is 1. The lowest BCUT2D eigenvalue weighted by molar-refractivity contribution is -0.116. The van der Waals surface area contributed by atoms with Crippen molar-refractivity contribution < 1.29 is 23.8 Å². The van der Waals surface area contributed by atoms with Crippen LogP contribution >= 0.6 is 0 Å². The third kappa shape index (κ3) is 4.63. The lowest BCUT2D eigenvalue weighted by Gasteiger charge is -2.15. The van der Waals surface area contributed by atoms with Crippen LogP contribution in [0.1, 0.15) is 30.1 Å². The first-order valence-corrected chi connectivity index (χ1v) is 6.82. The van der Waals surface area contributed by atoms with Crippen LogP contribution in [0.15, 0.2) is 12.1 Å².